The van der Waals surface area contributed by atoms with E-state index in [-0.39, 0.29) is 11.9 Å². The van der Waals surface area contributed by atoms with Crippen LogP contribution in [0, 0.1) is 13.8 Å². The minimum atomic E-state index is -0.315. The van der Waals surface area contributed by atoms with E-state index in [1.54, 1.807) is 49.6 Å². The van der Waals surface area contributed by atoms with Gasteiger partial charge in [-0.25, -0.2) is 0 Å². The van der Waals surface area contributed by atoms with Crippen LogP contribution >= 0.6 is 23.2 Å². The van der Waals surface area contributed by atoms with E-state index in [4.69, 9.17) is 27.9 Å². The van der Waals surface area contributed by atoms with E-state index in [1.165, 1.54) is 0 Å². The summed E-state index contributed by atoms with van der Waals surface area (Å²) in [6, 6.07) is 11.8. The first-order valence-corrected chi connectivity index (χ1v) is 11.3. The fourth-order valence-corrected chi connectivity index (χ4v) is 3.78. The number of aromatic nitrogens is 2. The highest BCUT2D eigenvalue weighted by Crippen LogP contribution is 2.27. The summed E-state index contributed by atoms with van der Waals surface area (Å²) in [5.41, 5.74) is 4.32. The molecule has 0 aliphatic carbocycles. The molecule has 0 spiro atoms. The number of benzene rings is 2. The number of hydrogen-bond donors (Lipinski definition) is 2. The molecule has 2 aromatic carbocycles. The third-order valence-corrected chi connectivity index (χ3v) is 5.70. The van der Waals surface area contributed by atoms with Gasteiger partial charge in [0, 0.05) is 34.4 Å². The van der Waals surface area contributed by atoms with Gasteiger partial charge in [0.15, 0.2) is 0 Å². The van der Waals surface area contributed by atoms with Gasteiger partial charge in [-0.05, 0) is 75.2 Å². The van der Waals surface area contributed by atoms with Crippen molar-refractivity contribution in [2.75, 3.05) is 19.0 Å². The van der Waals surface area contributed by atoms with Crippen molar-refractivity contribution in [1.29, 1.82) is 0 Å². The lowest BCUT2D eigenvalue weighted by molar-refractivity contribution is 0.0977. The predicted molar refractivity (Wildman–Crippen MR) is 134 cm³/mol. The Morgan fingerprint density at radius 3 is 2.45 bits per heavy atom. The molecule has 0 bridgehead atoms. The molecule has 0 radical (unpaired) electrons. The number of nitrogens with one attached hydrogen (secondary N) is 2. The summed E-state index contributed by atoms with van der Waals surface area (Å²) in [4.78, 5) is 17.4. The van der Waals surface area contributed by atoms with E-state index >= 15 is 0 Å². The number of guanidine groups is 1. The van der Waals surface area contributed by atoms with Gasteiger partial charge in [0.25, 0.3) is 5.91 Å². The quantitative estimate of drug-likeness (QED) is 0.351. The van der Waals surface area contributed by atoms with Crippen LogP contribution in [0.15, 0.2) is 47.5 Å². The number of hydrogen-bond acceptors (Lipinski definition) is 4. The van der Waals surface area contributed by atoms with E-state index in [9.17, 15) is 4.79 Å². The number of carbonyl (C=O) groups excluding carboxylic acids is 1. The zero-order valence-corrected chi connectivity index (χ0v) is 20.6. The monoisotopic (exact) mass is 487 g/mol. The minimum absolute atomic E-state index is 0.286. The summed E-state index contributed by atoms with van der Waals surface area (Å²) in [6.07, 6.45) is 0.687. The molecule has 1 heterocycles. The molecule has 174 valence electrons. The number of halogens is 2. The first-order chi connectivity index (χ1) is 15.8. The van der Waals surface area contributed by atoms with E-state index in [0.29, 0.717) is 40.0 Å². The summed E-state index contributed by atoms with van der Waals surface area (Å²) in [6.45, 7) is 7.38. The minimum Gasteiger partial charge on any atom is -0.495 e. The molecule has 1 aromatic heterocycles. The number of amides is 1. The molecule has 9 heteroatoms. The molecule has 0 atom stereocenters. The number of anilines is 1. The van der Waals surface area contributed by atoms with E-state index in [2.05, 4.69) is 34.6 Å². The van der Waals surface area contributed by atoms with Crippen molar-refractivity contribution in [3.05, 3.63) is 75.0 Å². The standard InChI is InChI=1S/C24H27Cl2N5O2/c1-5-31-16(3)20(15(2)30-31)12-13-27-24(28-21-14-19(26)10-11-22(21)33-4)29-23(32)17-6-8-18(25)9-7-17/h6-11,14H,5,12-13H2,1-4H3,(H2,27,28,29,32). The third kappa shape index (κ3) is 6.27. The third-order valence-electron chi connectivity index (χ3n) is 5.22. The second-order valence-corrected chi connectivity index (χ2v) is 8.25. The molecule has 3 rings (SSSR count). The van der Waals surface area contributed by atoms with Crippen molar-refractivity contribution in [3.8, 4) is 5.75 Å². The second-order valence-electron chi connectivity index (χ2n) is 7.38. The number of nitrogens with zero attached hydrogens (tertiary/aromatic N) is 3. The zero-order valence-electron chi connectivity index (χ0n) is 19.1. The van der Waals surface area contributed by atoms with Gasteiger partial charge in [-0.3, -0.25) is 19.8 Å². The van der Waals surface area contributed by atoms with Crippen LogP contribution in [-0.2, 0) is 13.0 Å². The number of aryl methyl sites for hydroxylation is 2. The summed E-state index contributed by atoms with van der Waals surface area (Å²) >= 11 is 12.1. The van der Waals surface area contributed by atoms with Crippen LogP contribution in [-0.4, -0.2) is 35.3 Å². The Kier molecular flexibility index (Phi) is 8.36. The van der Waals surface area contributed by atoms with Gasteiger partial charge >= 0.3 is 0 Å². The first kappa shape index (κ1) is 24.6. The average Bonchev–Trinajstić information content (AvgIpc) is 3.07. The van der Waals surface area contributed by atoms with E-state index < -0.39 is 0 Å². The highest BCUT2D eigenvalue weighted by atomic mass is 35.5. The van der Waals surface area contributed by atoms with Gasteiger partial charge in [-0.2, -0.15) is 5.10 Å². The SMILES string of the molecule is CCn1nc(C)c(CCN=C(NC(=O)c2ccc(Cl)cc2)Nc2cc(Cl)ccc2OC)c1C. The van der Waals surface area contributed by atoms with Crippen LogP contribution < -0.4 is 15.4 Å². The zero-order chi connectivity index (χ0) is 24.0. The molecular formula is C24H27Cl2N5O2. The first-order valence-electron chi connectivity index (χ1n) is 10.6. The number of ether oxygens (including phenoxy) is 1. The van der Waals surface area contributed by atoms with Crippen LogP contribution in [0.25, 0.3) is 0 Å². The van der Waals surface area contributed by atoms with Gasteiger partial charge in [-0.15, -0.1) is 0 Å². The fourth-order valence-electron chi connectivity index (χ4n) is 3.48. The van der Waals surface area contributed by atoms with Crippen molar-refractivity contribution in [2.24, 2.45) is 4.99 Å². The Morgan fingerprint density at radius 1 is 1.12 bits per heavy atom. The molecule has 7 nitrogen and oxygen atoms in total. The van der Waals surface area contributed by atoms with Crippen LogP contribution in [0.3, 0.4) is 0 Å². The number of aliphatic imine (C=N–C) groups is 1. The molecule has 0 fully saturated rings. The maximum atomic E-state index is 12.8. The number of carbonyl (C=O) groups is 1. The van der Waals surface area contributed by atoms with Crippen LogP contribution in [0.4, 0.5) is 5.69 Å². The Balaban J connectivity index is 1.84. The summed E-state index contributed by atoms with van der Waals surface area (Å²) in [5.74, 6) is 0.544. The van der Waals surface area contributed by atoms with Crippen LogP contribution in [0.2, 0.25) is 10.0 Å². The molecule has 2 N–H and O–H groups in total. The molecule has 0 aliphatic rings. The Labute approximate surface area is 203 Å². The van der Waals surface area contributed by atoms with Crippen molar-refractivity contribution in [3.63, 3.8) is 0 Å². The maximum Gasteiger partial charge on any atom is 0.257 e. The summed E-state index contributed by atoms with van der Waals surface area (Å²) in [7, 11) is 1.56. The van der Waals surface area contributed by atoms with Gasteiger partial charge in [0.1, 0.15) is 5.75 Å². The highest BCUT2D eigenvalue weighted by Gasteiger charge is 2.14. The van der Waals surface area contributed by atoms with Crippen LogP contribution in [0.5, 0.6) is 5.75 Å². The fraction of sp³-hybridized carbons (Fsp3) is 0.292. The molecular weight excluding hydrogens is 461 g/mol. The van der Waals surface area contributed by atoms with Crippen molar-refractivity contribution < 1.29 is 9.53 Å². The average molecular weight is 488 g/mol. The lowest BCUT2D eigenvalue weighted by atomic mass is 10.1. The van der Waals surface area contributed by atoms with Gasteiger partial charge in [0.2, 0.25) is 5.96 Å². The molecule has 33 heavy (non-hydrogen) atoms. The highest BCUT2D eigenvalue weighted by molar-refractivity contribution is 6.31. The molecule has 0 saturated heterocycles. The molecule has 3 aromatic rings. The van der Waals surface area contributed by atoms with E-state index in [0.717, 1.165) is 23.5 Å². The molecule has 0 saturated carbocycles. The second kappa shape index (κ2) is 11.2. The Bertz CT molecular complexity index is 1160. The molecule has 1 amide bonds. The van der Waals surface area contributed by atoms with Gasteiger partial charge < -0.3 is 10.1 Å². The lowest BCUT2D eigenvalue weighted by Crippen LogP contribution is -2.36. The van der Waals surface area contributed by atoms with Gasteiger partial charge in [0.05, 0.1) is 18.5 Å². The summed E-state index contributed by atoms with van der Waals surface area (Å²) in [5, 5.41) is 11.6. The Morgan fingerprint density at radius 2 is 1.82 bits per heavy atom. The topological polar surface area (TPSA) is 80.5 Å². The largest absolute Gasteiger partial charge is 0.495 e. The smallest absolute Gasteiger partial charge is 0.257 e. The van der Waals surface area contributed by atoms with Crippen molar-refractivity contribution in [2.45, 2.75) is 33.7 Å². The Hall–Kier alpha value is -3.03. The lowest BCUT2D eigenvalue weighted by Gasteiger charge is -2.15. The summed E-state index contributed by atoms with van der Waals surface area (Å²) < 4.78 is 7.39. The van der Waals surface area contributed by atoms with E-state index in [1.807, 2.05) is 11.6 Å². The number of rotatable bonds is 7. The molecule has 0 aliphatic heterocycles. The number of methoxy groups -OCH3 is 1. The van der Waals surface area contributed by atoms with Crippen molar-refractivity contribution >= 4 is 40.8 Å². The van der Waals surface area contributed by atoms with Gasteiger partial charge in [-0.1, -0.05) is 23.2 Å². The molecule has 0 unspecified atom stereocenters. The maximum absolute atomic E-state index is 12.8. The normalized spacial score (nSPS) is 11.4. The predicted octanol–water partition coefficient (Wildman–Crippen LogP) is 5.28. The van der Waals surface area contributed by atoms with Crippen LogP contribution in [0.1, 0.15) is 34.2 Å². The van der Waals surface area contributed by atoms with Crippen molar-refractivity contribution in [1.82, 2.24) is 15.1 Å².